The molecule has 2 N–H and O–H groups in total. The van der Waals surface area contributed by atoms with E-state index in [1.807, 2.05) is 0 Å². The number of rotatable bonds is 3. The molecular weight excluding hydrogens is 276 g/mol. The van der Waals surface area contributed by atoms with Gasteiger partial charge in [-0.3, -0.25) is 9.71 Å². The minimum atomic E-state index is -3.70. The summed E-state index contributed by atoms with van der Waals surface area (Å²) in [5, 5.41) is 9.31. The number of nitrogens with zero attached hydrogens (tertiary/aromatic N) is 1. The molecule has 0 aliphatic rings. The monoisotopic (exact) mass is 284 g/mol. The second kappa shape index (κ2) is 4.83. The van der Waals surface area contributed by atoms with Crippen LogP contribution in [0.25, 0.3) is 0 Å². The van der Waals surface area contributed by atoms with Crippen molar-refractivity contribution in [1.29, 1.82) is 0 Å². The first-order chi connectivity index (χ1) is 8.49. The topological polar surface area (TPSA) is 79.3 Å². The van der Waals surface area contributed by atoms with Crippen LogP contribution in [0.4, 0.5) is 5.69 Å². The minimum Gasteiger partial charge on any atom is -0.506 e. The van der Waals surface area contributed by atoms with Crippen LogP contribution in [0.15, 0.2) is 47.6 Å². The molecule has 0 saturated carbocycles. The predicted molar refractivity (Wildman–Crippen MR) is 68.2 cm³/mol. The number of aromatic nitrogens is 1. The maximum Gasteiger partial charge on any atom is 0.263 e. The number of hydrogen-bond acceptors (Lipinski definition) is 4. The first-order valence-electron chi connectivity index (χ1n) is 4.90. The first-order valence-corrected chi connectivity index (χ1v) is 6.76. The standard InChI is InChI=1S/C11H9ClN2O3S/c12-10-6-8(3-4-11(10)15)14-18(16,17)9-2-1-5-13-7-9/h1-7,14-15H. The van der Waals surface area contributed by atoms with E-state index in [4.69, 9.17) is 11.6 Å². The third-order valence-electron chi connectivity index (χ3n) is 2.14. The molecule has 0 radical (unpaired) electrons. The zero-order valence-corrected chi connectivity index (χ0v) is 10.6. The molecule has 1 heterocycles. The Morgan fingerprint density at radius 1 is 1.28 bits per heavy atom. The normalized spacial score (nSPS) is 11.2. The van der Waals surface area contributed by atoms with Gasteiger partial charge in [0.2, 0.25) is 0 Å². The SMILES string of the molecule is O=S(=O)(Nc1ccc(O)c(Cl)c1)c1cccnc1. The van der Waals surface area contributed by atoms with E-state index in [1.54, 1.807) is 0 Å². The average Bonchev–Trinajstić information content (AvgIpc) is 2.35. The zero-order valence-electron chi connectivity index (χ0n) is 9.04. The molecule has 2 rings (SSSR count). The Labute approximate surface area is 109 Å². The van der Waals surface area contributed by atoms with E-state index in [2.05, 4.69) is 9.71 Å². The lowest BCUT2D eigenvalue weighted by Crippen LogP contribution is -2.12. The van der Waals surface area contributed by atoms with Crippen molar-refractivity contribution < 1.29 is 13.5 Å². The highest BCUT2D eigenvalue weighted by Crippen LogP contribution is 2.27. The highest BCUT2D eigenvalue weighted by molar-refractivity contribution is 7.92. The van der Waals surface area contributed by atoms with Gasteiger partial charge in [-0.15, -0.1) is 0 Å². The van der Waals surface area contributed by atoms with Gasteiger partial charge < -0.3 is 5.11 Å². The molecule has 94 valence electrons. The summed E-state index contributed by atoms with van der Waals surface area (Å²) in [6, 6.07) is 7.00. The Balaban J connectivity index is 2.31. The Kier molecular flexibility index (Phi) is 3.40. The summed E-state index contributed by atoms with van der Waals surface area (Å²) in [4.78, 5) is 3.79. The van der Waals surface area contributed by atoms with Crippen LogP contribution in [-0.2, 0) is 10.0 Å². The number of benzene rings is 1. The van der Waals surface area contributed by atoms with Crippen molar-refractivity contribution in [2.75, 3.05) is 4.72 Å². The Morgan fingerprint density at radius 2 is 2.06 bits per heavy atom. The van der Waals surface area contributed by atoms with Gasteiger partial charge in [0.1, 0.15) is 10.6 Å². The summed E-state index contributed by atoms with van der Waals surface area (Å²) in [5.74, 6) is -0.110. The number of phenolic OH excluding ortho intramolecular Hbond substituents is 1. The van der Waals surface area contributed by atoms with Gasteiger partial charge in [0.15, 0.2) is 0 Å². The lowest BCUT2D eigenvalue weighted by Gasteiger charge is -2.08. The van der Waals surface area contributed by atoms with Crippen LogP contribution < -0.4 is 4.72 Å². The quantitative estimate of drug-likeness (QED) is 0.847. The molecule has 2 aromatic rings. The molecule has 0 atom stereocenters. The summed E-state index contributed by atoms with van der Waals surface area (Å²) < 4.78 is 26.2. The molecule has 5 nitrogen and oxygen atoms in total. The van der Waals surface area contributed by atoms with Gasteiger partial charge in [-0.05, 0) is 30.3 Å². The van der Waals surface area contributed by atoms with Gasteiger partial charge in [-0.1, -0.05) is 11.6 Å². The summed E-state index contributed by atoms with van der Waals surface area (Å²) in [6.07, 6.45) is 2.72. The molecule has 0 fully saturated rings. The highest BCUT2D eigenvalue weighted by Gasteiger charge is 2.14. The number of pyridine rings is 1. The van der Waals surface area contributed by atoms with Crippen molar-refractivity contribution in [2.45, 2.75) is 4.90 Å². The van der Waals surface area contributed by atoms with Crippen molar-refractivity contribution >= 4 is 27.3 Å². The van der Waals surface area contributed by atoms with Crippen LogP contribution >= 0.6 is 11.6 Å². The predicted octanol–water partition coefficient (Wildman–Crippen LogP) is 2.24. The van der Waals surface area contributed by atoms with Crippen LogP contribution in [0.1, 0.15) is 0 Å². The van der Waals surface area contributed by atoms with Gasteiger partial charge in [-0.2, -0.15) is 0 Å². The van der Waals surface area contributed by atoms with Gasteiger partial charge in [0.25, 0.3) is 10.0 Å². The fourth-order valence-electron chi connectivity index (χ4n) is 1.29. The van der Waals surface area contributed by atoms with Crippen LogP contribution in [0.2, 0.25) is 5.02 Å². The van der Waals surface area contributed by atoms with Crippen LogP contribution in [0.5, 0.6) is 5.75 Å². The molecule has 0 aliphatic carbocycles. The van der Waals surface area contributed by atoms with E-state index in [-0.39, 0.29) is 21.4 Å². The van der Waals surface area contributed by atoms with E-state index < -0.39 is 10.0 Å². The second-order valence-electron chi connectivity index (χ2n) is 3.46. The van der Waals surface area contributed by atoms with Crippen molar-refractivity contribution in [3.05, 3.63) is 47.7 Å². The summed E-state index contributed by atoms with van der Waals surface area (Å²) in [5.41, 5.74) is 0.265. The molecule has 1 aromatic heterocycles. The second-order valence-corrected chi connectivity index (χ2v) is 5.55. The zero-order chi connectivity index (χ0) is 13.2. The molecule has 18 heavy (non-hydrogen) atoms. The number of sulfonamides is 1. The van der Waals surface area contributed by atoms with E-state index >= 15 is 0 Å². The molecule has 0 spiro atoms. The molecule has 0 saturated heterocycles. The third kappa shape index (κ3) is 2.72. The molecule has 0 unspecified atom stereocenters. The number of aromatic hydroxyl groups is 1. The van der Waals surface area contributed by atoms with E-state index in [1.165, 1.54) is 42.7 Å². The number of nitrogens with one attached hydrogen (secondary N) is 1. The molecule has 7 heteroatoms. The number of anilines is 1. The largest absolute Gasteiger partial charge is 0.506 e. The smallest absolute Gasteiger partial charge is 0.263 e. The van der Waals surface area contributed by atoms with Gasteiger partial charge in [-0.25, -0.2) is 8.42 Å². The lowest BCUT2D eigenvalue weighted by molar-refractivity contribution is 0.475. The van der Waals surface area contributed by atoms with E-state index in [0.29, 0.717) is 0 Å². The molecule has 0 aliphatic heterocycles. The van der Waals surface area contributed by atoms with E-state index in [9.17, 15) is 13.5 Å². The molecule has 1 aromatic carbocycles. The maximum absolute atomic E-state index is 11.9. The highest BCUT2D eigenvalue weighted by atomic mass is 35.5. The van der Waals surface area contributed by atoms with Crippen molar-refractivity contribution in [3.8, 4) is 5.75 Å². The van der Waals surface area contributed by atoms with Crippen molar-refractivity contribution in [3.63, 3.8) is 0 Å². The summed E-state index contributed by atoms with van der Waals surface area (Å²) >= 11 is 5.69. The van der Waals surface area contributed by atoms with Crippen LogP contribution in [0, 0.1) is 0 Å². The third-order valence-corrected chi connectivity index (χ3v) is 3.81. The minimum absolute atomic E-state index is 0.0502. The van der Waals surface area contributed by atoms with Gasteiger partial charge in [0, 0.05) is 12.4 Å². The average molecular weight is 285 g/mol. The fraction of sp³-hybridized carbons (Fsp3) is 0. The van der Waals surface area contributed by atoms with Crippen LogP contribution in [0.3, 0.4) is 0 Å². The lowest BCUT2D eigenvalue weighted by atomic mass is 10.3. The number of halogens is 1. The van der Waals surface area contributed by atoms with Crippen LogP contribution in [-0.4, -0.2) is 18.5 Å². The summed E-state index contributed by atoms with van der Waals surface area (Å²) in [6.45, 7) is 0. The van der Waals surface area contributed by atoms with Gasteiger partial charge in [0.05, 0.1) is 10.7 Å². The molecule has 0 amide bonds. The summed E-state index contributed by atoms with van der Waals surface area (Å²) in [7, 11) is -3.70. The van der Waals surface area contributed by atoms with Crippen molar-refractivity contribution in [1.82, 2.24) is 4.98 Å². The van der Waals surface area contributed by atoms with Crippen molar-refractivity contribution in [2.24, 2.45) is 0 Å². The first kappa shape index (κ1) is 12.7. The van der Waals surface area contributed by atoms with Gasteiger partial charge >= 0.3 is 0 Å². The van der Waals surface area contributed by atoms with E-state index in [0.717, 1.165) is 0 Å². The Morgan fingerprint density at radius 3 is 2.67 bits per heavy atom. The number of hydrogen-bond donors (Lipinski definition) is 2. The Hall–Kier alpha value is -1.79. The number of phenols is 1. The fourth-order valence-corrected chi connectivity index (χ4v) is 2.48. The molecular formula is C11H9ClN2O3S. The molecule has 0 bridgehead atoms. The Bertz CT molecular complexity index is 659. The maximum atomic E-state index is 11.9.